The van der Waals surface area contributed by atoms with E-state index in [1.165, 1.54) is 0 Å². The van der Waals surface area contributed by atoms with E-state index in [2.05, 4.69) is 5.32 Å². The van der Waals surface area contributed by atoms with Gasteiger partial charge in [0.2, 0.25) is 5.91 Å². The average Bonchev–Trinajstić information content (AvgIpc) is 2.42. The van der Waals surface area contributed by atoms with Gasteiger partial charge in [0.1, 0.15) is 11.8 Å². The lowest BCUT2D eigenvalue weighted by Crippen LogP contribution is -2.11. The van der Waals surface area contributed by atoms with E-state index in [1.807, 2.05) is 6.07 Å². The Bertz CT molecular complexity index is 441. The third-order valence-electron chi connectivity index (χ3n) is 2.53. The highest BCUT2D eigenvalue weighted by molar-refractivity contribution is 5.90. The number of nitrogens with zero attached hydrogens (tertiary/aromatic N) is 1. The van der Waals surface area contributed by atoms with Gasteiger partial charge in [-0.1, -0.05) is 12.5 Å². The minimum Gasteiger partial charge on any atom is -0.479 e. The molecular formula is C14H19N3O2. The summed E-state index contributed by atoms with van der Waals surface area (Å²) < 4.78 is 5.16. The largest absolute Gasteiger partial charge is 0.479 e. The van der Waals surface area contributed by atoms with Gasteiger partial charge in [-0.15, -0.1) is 0 Å². The van der Waals surface area contributed by atoms with Crippen LogP contribution in [0.15, 0.2) is 24.3 Å². The molecular weight excluding hydrogens is 242 g/mol. The van der Waals surface area contributed by atoms with Crippen LogP contribution in [0.5, 0.6) is 5.75 Å². The van der Waals surface area contributed by atoms with E-state index in [4.69, 9.17) is 15.7 Å². The smallest absolute Gasteiger partial charge is 0.224 e. The number of ether oxygens (including phenoxy) is 1. The first-order valence-corrected chi connectivity index (χ1v) is 6.36. The molecule has 5 heteroatoms. The number of benzene rings is 1. The second-order valence-corrected chi connectivity index (χ2v) is 4.12. The topological polar surface area (TPSA) is 88.1 Å². The first-order valence-electron chi connectivity index (χ1n) is 6.36. The summed E-state index contributed by atoms with van der Waals surface area (Å²) in [5, 5.41) is 11.2. The van der Waals surface area contributed by atoms with E-state index >= 15 is 0 Å². The molecule has 0 aliphatic rings. The summed E-state index contributed by atoms with van der Waals surface area (Å²) in [7, 11) is 0. The molecule has 0 fully saturated rings. The minimum absolute atomic E-state index is 0.00348. The van der Waals surface area contributed by atoms with Crippen LogP contribution in [0.4, 0.5) is 5.69 Å². The average molecular weight is 261 g/mol. The summed E-state index contributed by atoms with van der Waals surface area (Å²) in [5.41, 5.74) is 6.07. The molecule has 0 aliphatic heterocycles. The highest BCUT2D eigenvalue weighted by atomic mass is 16.5. The number of anilines is 1. The third-order valence-corrected chi connectivity index (χ3v) is 2.53. The fraction of sp³-hybridized carbons (Fsp3) is 0.429. The Hall–Kier alpha value is -2.06. The summed E-state index contributed by atoms with van der Waals surface area (Å²) >= 11 is 0. The molecule has 0 aromatic heterocycles. The zero-order valence-corrected chi connectivity index (χ0v) is 10.9. The lowest BCUT2D eigenvalue weighted by Gasteiger charge is -2.07. The molecule has 0 radical (unpaired) electrons. The molecule has 0 atom stereocenters. The van der Waals surface area contributed by atoms with E-state index in [9.17, 15) is 4.79 Å². The molecule has 1 rings (SSSR count). The van der Waals surface area contributed by atoms with E-state index in [0.29, 0.717) is 24.4 Å². The van der Waals surface area contributed by atoms with Gasteiger partial charge in [0.25, 0.3) is 0 Å². The number of amides is 1. The molecule has 0 saturated carbocycles. The van der Waals surface area contributed by atoms with Crippen LogP contribution in [0.25, 0.3) is 0 Å². The molecule has 0 bridgehead atoms. The Labute approximate surface area is 113 Å². The molecule has 102 valence electrons. The van der Waals surface area contributed by atoms with Gasteiger partial charge >= 0.3 is 0 Å². The van der Waals surface area contributed by atoms with Gasteiger partial charge in [-0.2, -0.15) is 5.26 Å². The Morgan fingerprint density at radius 1 is 1.37 bits per heavy atom. The molecule has 1 aromatic rings. The van der Waals surface area contributed by atoms with Crippen molar-refractivity contribution in [2.45, 2.75) is 25.7 Å². The minimum atomic E-state index is -0.0190. The van der Waals surface area contributed by atoms with Crippen molar-refractivity contribution in [3.05, 3.63) is 24.3 Å². The fourth-order valence-corrected chi connectivity index (χ4v) is 1.61. The van der Waals surface area contributed by atoms with Crippen molar-refractivity contribution >= 4 is 11.6 Å². The van der Waals surface area contributed by atoms with E-state index < -0.39 is 0 Å². The number of carbonyl (C=O) groups is 1. The van der Waals surface area contributed by atoms with Crippen LogP contribution in [0, 0.1) is 11.3 Å². The molecule has 0 heterocycles. The van der Waals surface area contributed by atoms with Gasteiger partial charge in [0.15, 0.2) is 6.61 Å². The zero-order valence-electron chi connectivity index (χ0n) is 10.9. The van der Waals surface area contributed by atoms with Gasteiger partial charge < -0.3 is 15.8 Å². The van der Waals surface area contributed by atoms with Crippen molar-refractivity contribution in [3.8, 4) is 11.8 Å². The molecule has 0 aliphatic carbocycles. The fourth-order valence-electron chi connectivity index (χ4n) is 1.61. The van der Waals surface area contributed by atoms with Crippen LogP contribution >= 0.6 is 0 Å². The lowest BCUT2D eigenvalue weighted by molar-refractivity contribution is -0.116. The summed E-state index contributed by atoms with van der Waals surface area (Å²) in [4.78, 5) is 11.7. The van der Waals surface area contributed by atoms with Gasteiger partial charge in [0.05, 0.1) is 0 Å². The van der Waals surface area contributed by atoms with Crippen LogP contribution in [0.2, 0.25) is 0 Å². The predicted octanol–water partition coefficient (Wildman–Crippen LogP) is 2.05. The van der Waals surface area contributed by atoms with Crippen LogP contribution < -0.4 is 15.8 Å². The third kappa shape index (κ3) is 6.43. The van der Waals surface area contributed by atoms with Crippen LogP contribution in [0.1, 0.15) is 25.7 Å². The normalized spacial score (nSPS) is 9.68. The van der Waals surface area contributed by atoms with E-state index in [1.54, 1.807) is 24.3 Å². The summed E-state index contributed by atoms with van der Waals surface area (Å²) in [6.45, 7) is 0.663. The Balaban J connectivity index is 2.39. The number of unbranched alkanes of at least 4 members (excludes halogenated alkanes) is 2. The molecule has 1 amide bonds. The van der Waals surface area contributed by atoms with Gasteiger partial charge in [0, 0.05) is 18.2 Å². The van der Waals surface area contributed by atoms with Crippen LogP contribution in [-0.2, 0) is 4.79 Å². The van der Waals surface area contributed by atoms with Gasteiger partial charge in [-0.05, 0) is 31.5 Å². The van der Waals surface area contributed by atoms with Crippen LogP contribution in [-0.4, -0.2) is 19.1 Å². The van der Waals surface area contributed by atoms with Gasteiger partial charge in [-0.3, -0.25) is 4.79 Å². The van der Waals surface area contributed by atoms with E-state index in [-0.39, 0.29) is 12.5 Å². The number of hydrogen-bond donors (Lipinski definition) is 2. The maximum absolute atomic E-state index is 11.7. The standard InChI is InChI=1S/C14H19N3O2/c15-8-3-1-2-7-14(18)17-12-5-4-6-13(11-12)19-10-9-16/h4-6,11H,1-3,7-8,10,15H2,(H,17,18). The summed E-state index contributed by atoms with van der Waals surface area (Å²) in [5.74, 6) is 0.553. The Morgan fingerprint density at radius 3 is 2.95 bits per heavy atom. The van der Waals surface area contributed by atoms with Crippen molar-refractivity contribution in [1.82, 2.24) is 0 Å². The number of carbonyl (C=O) groups excluding carboxylic acids is 1. The quantitative estimate of drug-likeness (QED) is 0.701. The van der Waals surface area contributed by atoms with Crippen molar-refractivity contribution in [1.29, 1.82) is 5.26 Å². The van der Waals surface area contributed by atoms with Crippen molar-refractivity contribution in [2.24, 2.45) is 5.73 Å². The van der Waals surface area contributed by atoms with Crippen molar-refractivity contribution < 1.29 is 9.53 Å². The predicted molar refractivity (Wildman–Crippen MR) is 73.7 cm³/mol. The SMILES string of the molecule is N#CCOc1cccc(NC(=O)CCCCCN)c1. The monoisotopic (exact) mass is 261 g/mol. The second-order valence-electron chi connectivity index (χ2n) is 4.12. The highest BCUT2D eigenvalue weighted by Gasteiger charge is 2.03. The summed E-state index contributed by atoms with van der Waals surface area (Å²) in [6, 6.07) is 8.91. The lowest BCUT2D eigenvalue weighted by atomic mass is 10.2. The highest BCUT2D eigenvalue weighted by Crippen LogP contribution is 2.17. The molecule has 3 N–H and O–H groups in total. The van der Waals surface area contributed by atoms with Crippen molar-refractivity contribution in [2.75, 3.05) is 18.5 Å². The Kier molecular flexibility index (Phi) is 7.06. The van der Waals surface area contributed by atoms with Gasteiger partial charge in [-0.25, -0.2) is 0 Å². The first-order chi connectivity index (χ1) is 9.26. The number of nitrogens with one attached hydrogen (secondary N) is 1. The number of nitriles is 1. The molecule has 5 nitrogen and oxygen atoms in total. The maximum Gasteiger partial charge on any atom is 0.224 e. The molecule has 1 aromatic carbocycles. The molecule has 0 saturated heterocycles. The van der Waals surface area contributed by atoms with E-state index in [0.717, 1.165) is 19.3 Å². The molecule has 0 spiro atoms. The first kappa shape index (κ1) is 15.0. The molecule has 0 unspecified atom stereocenters. The number of hydrogen-bond acceptors (Lipinski definition) is 4. The van der Waals surface area contributed by atoms with Crippen molar-refractivity contribution in [3.63, 3.8) is 0 Å². The molecule has 19 heavy (non-hydrogen) atoms. The van der Waals surface area contributed by atoms with Crippen LogP contribution in [0.3, 0.4) is 0 Å². The number of nitrogens with two attached hydrogens (primary N) is 1. The Morgan fingerprint density at radius 2 is 2.21 bits per heavy atom. The zero-order chi connectivity index (χ0) is 13.9. The number of rotatable bonds is 8. The maximum atomic E-state index is 11.7. The summed E-state index contributed by atoms with van der Waals surface area (Å²) in [6.07, 6.45) is 3.25. The second kappa shape index (κ2) is 8.95.